The highest BCUT2D eigenvalue weighted by Gasteiger charge is 2.12. The van der Waals surface area contributed by atoms with Gasteiger partial charge < -0.3 is 14.9 Å². The molecule has 19 heavy (non-hydrogen) atoms. The lowest BCUT2D eigenvalue weighted by molar-refractivity contribution is 0.116. The molecular formula is C16H18O3. The Morgan fingerprint density at radius 1 is 0.947 bits per heavy atom. The van der Waals surface area contributed by atoms with Crippen LogP contribution in [-0.4, -0.2) is 16.8 Å². The van der Waals surface area contributed by atoms with E-state index in [0.717, 1.165) is 16.9 Å². The SMILES string of the molecule is Cc1ccc(OC(CO)c2ccc(CO)cc2)cc1. The summed E-state index contributed by atoms with van der Waals surface area (Å²) < 4.78 is 5.77. The summed E-state index contributed by atoms with van der Waals surface area (Å²) in [5, 5.41) is 18.5. The maximum atomic E-state index is 9.45. The highest BCUT2D eigenvalue weighted by Crippen LogP contribution is 2.22. The monoisotopic (exact) mass is 258 g/mol. The zero-order chi connectivity index (χ0) is 13.7. The Morgan fingerprint density at radius 3 is 2.11 bits per heavy atom. The van der Waals surface area contributed by atoms with Gasteiger partial charge in [0.1, 0.15) is 11.9 Å². The lowest BCUT2D eigenvalue weighted by Crippen LogP contribution is -2.12. The standard InChI is InChI=1S/C16H18O3/c1-12-2-8-15(9-3-12)19-16(11-18)14-6-4-13(10-17)5-7-14/h2-9,16-18H,10-11H2,1H3. The van der Waals surface area contributed by atoms with E-state index in [1.807, 2.05) is 55.5 Å². The first-order chi connectivity index (χ1) is 9.22. The molecule has 0 fully saturated rings. The van der Waals surface area contributed by atoms with Crippen molar-refractivity contribution in [3.63, 3.8) is 0 Å². The van der Waals surface area contributed by atoms with Crippen molar-refractivity contribution >= 4 is 0 Å². The number of aliphatic hydroxyl groups is 2. The van der Waals surface area contributed by atoms with Crippen LogP contribution < -0.4 is 4.74 Å². The van der Waals surface area contributed by atoms with Crippen LogP contribution >= 0.6 is 0 Å². The van der Waals surface area contributed by atoms with Crippen LogP contribution in [-0.2, 0) is 6.61 Å². The molecule has 0 radical (unpaired) electrons. The van der Waals surface area contributed by atoms with Gasteiger partial charge in [0.2, 0.25) is 0 Å². The van der Waals surface area contributed by atoms with Crippen molar-refractivity contribution in [2.45, 2.75) is 19.6 Å². The fourth-order valence-corrected chi connectivity index (χ4v) is 1.83. The molecule has 2 rings (SSSR count). The van der Waals surface area contributed by atoms with Gasteiger partial charge in [-0.25, -0.2) is 0 Å². The first-order valence-corrected chi connectivity index (χ1v) is 6.27. The van der Waals surface area contributed by atoms with Crippen molar-refractivity contribution in [3.8, 4) is 5.75 Å². The Hall–Kier alpha value is -1.84. The van der Waals surface area contributed by atoms with Crippen LogP contribution in [0, 0.1) is 6.92 Å². The summed E-state index contributed by atoms with van der Waals surface area (Å²) in [5.41, 5.74) is 2.90. The van der Waals surface area contributed by atoms with Crippen LogP contribution in [0.2, 0.25) is 0 Å². The van der Waals surface area contributed by atoms with Gasteiger partial charge in [-0.05, 0) is 30.2 Å². The molecule has 0 aliphatic carbocycles. The van der Waals surface area contributed by atoms with Crippen LogP contribution in [0.3, 0.4) is 0 Å². The highest BCUT2D eigenvalue weighted by atomic mass is 16.5. The van der Waals surface area contributed by atoms with Crippen molar-refractivity contribution in [1.82, 2.24) is 0 Å². The third kappa shape index (κ3) is 3.56. The molecule has 2 N–H and O–H groups in total. The molecule has 0 saturated carbocycles. The maximum Gasteiger partial charge on any atom is 0.147 e. The number of aryl methyl sites for hydroxylation is 1. The Kier molecular flexibility index (Phi) is 4.55. The molecule has 2 aromatic rings. The third-order valence-electron chi connectivity index (χ3n) is 3.00. The molecule has 0 aliphatic rings. The zero-order valence-corrected chi connectivity index (χ0v) is 10.9. The van der Waals surface area contributed by atoms with Crippen molar-refractivity contribution in [2.75, 3.05) is 6.61 Å². The highest BCUT2D eigenvalue weighted by molar-refractivity contribution is 5.29. The van der Waals surface area contributed by atoms with E-state index in [1.54, 1.807) is 0 Å². The third-order valence-corrected chi connectivity index (χ3v) is 3.00. The van der Waals surface area contributed by atoms with Gasteiger partial charge in [0, 0.05) is 0 Å². The van der Waals surface area contributed by atoms with E-state index in [1.165, 1.54) is 5.56 Å². The first kappa shape index (κ1) is 13.6. The number of aliphatic hydroxyl groups excluding tert-OH is 2. The summed E-state index contributed by atoms with van der Waals surface area (Å²) in [6.07, 6.45) is -0.393. The average Bonchev–Trinajstić information content (AvgIpc) is 2.47. The van der Waals surface area contributed by atoms with E-state index in [9.17, 15) is 5.11 Å². The van der Waals surface area contributed by atoms with Crippen LogP contribution in [0.15, 0.2) is 48.5 Å². The molecule has 0 heterocycles. The summed E-state index contributed by atoms with van der Waals surface area (Å²) in [6, 6.07) is 15.1. The minimum atomic E-state index is -0.393. The van der Waals surface area contributed by atoms with Crippen molar-refractivity contribution in [3.05, 3.63) is 65.2 Å². The van der Waals surface area contributed by atoms with Crippen molar-refractivity contribution in [1.29, 1.82) is 0 Å². The van der Waals surface area contributed by atoms with Crippen molar-refractivity contribution < 1.29 is 14.9 Å². The lowest BCUT2D eigenvalue weighted by atomic mass is 10.1. The van der Waals surface area contributed by atoms with Gasteiger partial charge in [0.05, 0.1) is 13.2 Å². The Morgan fingerprint density at radius 2 is 1.58 bits per heavy atom. The number of benzene rings is 2. The fraction of sp³-hybridized carbons (Fsp3) is 0.250. The number of ether oxygens (including phenoxy) is 1. The fourth-order valence-electron chi connectivity index (χ4n) is 1.83. The largest absolute Gasteiger partial charge is 0.483 e. The minimum absolute atomic E-state index is 0.0168. The summed E-state index contributed by atoms with van der Waals surface area (Å²) in [7, 11) is 0. The van der Waals surface area contributed by atoms with Gasteiger partial charge in [0.15, 0.2) is 0 Å². The van der Waals surface area contributed by atoms with E-state index >= 15 is 0 Å². The Bertz CT molecular complexity index is 503. The second-order valence-corrected chi connectivity index (χ2v) is 4.50. The van der Waals surface area contributed by atoms with Gasteiger partial charge in [-0.3, -0.25) is 0 Å². The number of hydrogen-bond donors (Lipinski definition) is 2. The van der Waals surface area contributed by atoms with Crippen molar-refractivity contribution in [2.24, 2.45) is 0 Å². The molecular weight excluding hydrogens is 240 g/mol. The quantitative estimate of drug-likeness (QED) is 0.866. The van der Waals surface area contributed by atoms with E-state index in [4.69, 9.17) is 9.84 Å². The van der Waals surface area contributed by atoms with Crippen LogP contribution in [0.5, 0.6) is 5.75 Å². The minimum Gasteiger partial charge on any atom is -0.483 e. The van der Waals surface area contributed by atoms with E-state index in [0.29, 0.717) is 0 Å². The predicted molar refractivity (Wildman–Crippen MR) is 74.0 cm³/mol. The molecule has 2 aromatic carbocycles. The zero-order valence-electron chi connectivity index (χ0n) is 10.9. The van der Waals surface area contributed by atoms with Crippen LogP contribution in [0.25, 0.3) is 0 Å². The van der Waals surface area contributed by atoms with E-state index < -0.39 is 6.10 Å². The first-order valence-electron chi connectivity index (χ1n) is 6.27. The van der Waals surface area contributed by atoms with Crippen LogP contribution in [0.4, 0.5) is 0 Å². The van der Waals surface area contributed by atoms with E-state index in [2.05, 4.69) is 0 Å². The Labute approximate surface area is 113 Å². The molecule has 0 spiro atoms. The molecule has 1 atom stereocenters. The lowest BCUT2D eigenvalue weighted by Gasteiger charge is -2.17. The molecule has 3 heteroatoms. The predicted octanol–water partition coefficient (Wildman–Crippen LogP) is 2.60. The topological polar surface area (TPSA) is 49.7 Å². The number of rotatable bonds is 5. The summed E-state index contributed by atoms with van der Waals surface area (Å²) in [5.74, 6) is 0.732. The second kappa shape index (κ2) is 6.36. The van der Waals surface area contributed by atoms with Crippen LogP contribution in [0.1, 0.15) is 22.8 Å². The van der Waals surface area contributed by atoms with Gasteiger partial charge in [-0.2, -0.15) is 0 Å². The molecule has 0 aromatic heterocycles. The number of hydrogen-bond acceptors (Lipinski definition) is 3. The smallest absolute Gasteiger partial charge is 0.147 e. The normalized spacial score (nSPS) is 12.2. The molecule has 0 aliphatic heterocycles. The van der Waals surface area contributed by atoms with Gasteiger partial charge in [-0.15, -0.1) is 0 Å². The maximum absolute atomic E-state index is 9.45. The van der Waals surface area contributed by atoms with Gasteiger partial charge in [0.25, 0.3) is 0 Å². The van der Waals surface area contributed by atoms with Gasteiger partial charge in [-0.1, -0.05) is 42.0 Å². The van der Waals surface area contributed by atoms with E-state index in [-0.39, 0.29) is 13.2 Å². The molecule has 100 valence electrons. The molecule has 0 saturated heterocycles. The molecule has 1 unspecified atom stereocenters. The Balaban J connectivity index is 2.12. The molecule has 0 amide bonds. The molecule has 3 nitrogen and oxygen atoms in total. The second-order valence-electron chi connectivity index (χ2n) is 4.50. The van der Waals surface area contributed by atoms with Gasteiger partial charge >= 0.3 is 0 Å². The summed E-state index contributed by atoms with van der Waals surface area (Å²) in [4.78, 5) is 0. The molecule has 0 bridgehead atoms. The average molecular weight is 258 g/mol. The summed E-state index contributed by atoms with van der Waals surface area (Å²) in [6.45, 7) is 1.94. The summed E-state index contributed by atoms with van der Waals surface area (Å²) >= 11 is 0.